The summed E-state index contributed by atoms with van der Waals surface area (Å²) >= 11 is 0. The summed E-state index contributed by atoms with van der Waals surface area (Å²) in [5, 5.41) is 0. The summed E-state index contributed by atoms with van der Waals surface area (Å²) in [7, 11) is -3.37. The van der Waals surface area contributed by atoms with Crippen molar-refractivity contribution in [3.05, 3.63) is 47.8 Å². The lowest BCUT2D eigenvalue weighted by atomic mass is 9.94. The van der Waals surface area contributed by atoms with Crippen molar-refractivity contribution in [2.75, 3.05) is 19.3 Å². The minimum absolute atomic E-state index is 0.109. The SMILES string of the molecule is Cc1cnc(C(=O)N2CCC[C@@H](c3ncccc3S(C)(=O)=O)C2)cn1. The lowest BCUT2D eigenvalue weighted by molar-refractivity contribution is 0.0698. The first-order valence-electron chi connectivity index (χ1n) is 8.09. The summed E-state index contributed by atoms with van der Waals surface area (Å²) in [5.74, 6) is -0.295. The van der Waals surface area contributed by atoms with Crippen LogP contribution in [0.2, 0.25) is 0 Å². The molecule has 3 rings (SSSR count). The Balaban J connectivity index is 1.85. The summed E-state index contributed by atoms with van der Waals surface area (Å²) in [6, 6.07) is 3.19. The molecule has 0 unspecified atom stereocenters. The Kier molecular flexibility index (Phi) is 4.80. The van der Waals surface area contributed by atoms with Gasteiger partial charge in [-0.2, -0.15) is 0 Å². The van der Waals surface area contributed by atoms with Crippen LogP contribution in [0.4, 0.5) is 0 Å². The van der Waals surface area contributed by atoms with Crippen LogP contribution in [0.1, 0.15) is 40.6 Å². The Morgan fingerprint density at radius 3 is 2.72 bits per heavy atom. The van der Waals surface area contributed by atoms with Gasteiger partial charge in [0.05, 0.1) is 22.5 Å². The first-order chi connectivity index (χ1) is 11.9. The molecule has 8 heteroatoms. The van der Waals surface area contributed by atoms with Crippen LogP contribution in [0.15, 0.2) is 35.6 Å². The molecule has 2 aromatic heterocycles. The van der Waals surface area contributed by atoms with Crippen molar-refractivity contribution in [2.24, 2.45) is 0 Å². The number of nitrogens with zero attached hydrogens (tertiary/aromatic N) is 4. The van der Waals surface area contributed by atoms with E-state index in [9.17, 15) is 13.2 Å². The van der Waals surface area contributed by atoms with E-state index in [1.54, 1.807) is 29.4 Å². The highest BCUT2D eigenvalue weighted by atomic mass is 32.2. The predicted molar refractivity (Wildman–Crippen MR) is 92.0 cm³/mol. The molecule has 1 saturated heterocycles. The van der Waals surface area contributed by atoms with Gasteiger partial charge in [0.15, 0.2) is 9.84 Å². The predicted octanol–water partition coefficient (Wildman–Crippen LogP) is 1.60. The Morgan fingerprint density at radius 2 is 2.04 bits per heavy atom. The maximum atomic E-state index is 12.7. The zero-order valence-electron chi connectivity index (χ0n) is 14.2. The van der Waals surface area contributed by atoms with E-state index < -0.39 is 9.84 Å². The summed E-state index contributed by atoms with van der Waals surface area (Å²) in [6.45, 7) is 2.85. The Labute approximate surface area is 147 Å². The zero-order valence-corrected chi connectivity index (χ0v) is 15.0. The van der Waals surface area contributed by atoms with Crippen LogP contribution in [0.3, 0.4) is 0 Å². The first kappa shape index (κ1) is 17.5. The third-order valence-corrected chi connectivity index (χ3v) is 5.44. The number of carbonyl (C=O) groups excluding carboxylic acids is 1. The average Bonchev–Trinajstić information content (AvgIpc) is 2.61. The second-order valence-corrected chi connectivity index (χ2v) is 8.28. The van der Waals surface area contributed by atoms with Crippen molar-refractivity contribution in [1.29, 1.82) is 0 Å². The number of hydrogen-bond donors (Lipinski definition) is 0. The summed E-state index contributed by atoms with van der Waals surface area (Å²) < 4.78 is 24.1. The maximum Gasteiger partial charge on any atom is 0.274 e. The van der Waals surface area contributed by atoms with E-state index in [1.807, 2.05) is 6.92 Å². The molecule has 25 heavy (non-hydrogen) atoms. The third-order valence-electron chi connectivity index (χ3n) is 4.29. The van der Waals surface area contributed by atoms with Gasteiger partial charge in [0.25, 0.3) is 5.91 Å². The number of carbonyl (C=O) groups is 1. The third kappa shape index (κ3) is 3.84. The smallest absolute Gasteiger partial charge is 0.274 e. The summed E-state index contributed by atoms with van der Waals surface area (Å²) in [5.41, 5.74) is 1.59. The highest BCUT2D eigenvalue weighted by Crippen LogP contribution is 2.30. The summed E-state index contributed by atoms with van der Waals surface area (Å²) in [6.07, 6.45) is 7.40. The normalized spacial score (nSPS) is 18.2. The first-order valence-corrected chi connectivity index (χ1v) is 9.98. The molecule has 1 aliphatic rings. The average molecular weight is 360 g/mol. The van der Waals surface area contributed by atoms with Gasteiger partial charge in [-0.15, -0.1) is 0 Å². The number of piperidine rings is 1. The van der Waals surface area contributed by atoms with Crippen LogP contribution >= 0.6 is 0 Å². The van der Waals surface area contributed by atoms with E-state index >= 15 is 0 Å². The molecule has 0 aromatic carbocycles. The number of aryl methyl sites for hydroxylation is 1. The van der Waals surface area contributed by atoms with E-state index in [0.29, 0.717) is 24.5 Å². The molecule has 0 N–H and O–H groups in total. The minimum atomic E-state index is -3.37. The molecule has 1 amide bonds. The number of sulfone groups is 1. The number of amides is 1. The topological polar surface area (TPSA) is 93.1 Å². The molecular weight excluding hydrogens is 340 g/mol. The monoisotopic (exact) mass is 360 g/mol. The molecule has 1 atom stereocenters. The van der Waals surface area contributed by atoms with E-state index in [4.69, 9.17) is 0 Å². The molecule has 132 valence electrons. The van der Waals surface area contributed by atoms with Gasteiger partial charge in [0, 0.05) is 37.7 Å². The maximum absolute atomic E-state index is 12.7. The molecular formula is C17H20N4O3S. The van der Waals surface area contributed by atoms with Crippen molar-refractivity contribution in [3.63, 3.8) is 0 Å². The Bertz CT molecular complexity index is 881. The van der Waals surface area contributed by atoms with Gasteiger partial charge in [-0.05, 0) is 31.9 Å². The lowest BCUT2D eigenvalue weighted by Gasteiger charge is -2.32. The van der Waals surface area contributed by atoms with Crippen LogP contribution < -0.4 is 0 Å². The van der Waals surface area contributed by atoms with Crippen LogP contribution in [-0.4, -0.2) is 53.5 Å². The van der Waals surface area contributed by atoms with Gasteiger partial charge < -0.3 is 4.90 Å². The lowest BCUT2D eigenvalue weighted by Crippen LogP contribution is -2.40. The molecule has 2 aromatic rings. The second-order valence-electron chi connectivity index (χ2n) is 6.29. The standard InChI is InChI=1S/C17H20N4O3S/c1-12-9-20-14(10-19-12)17(22)21-8-4-5-13(11-21)16-15(25(2,23)24)6-3-7-18-16/h3,6-7,9-10,13H,4-5,8,11H2,1-2H3/t13-/m1/s1. The van der Waals surface area contributed by atoms with Crippen molar-refractivity contribution in [1.82, 2.24) is 19.9 Å². The van der Waals surface area contributed by atoms with Crippen LogP contribution in [-0.2, 0) is 9.84 Å². The van der Waals surface area contributed by atoms with Crippen molar-refractivity contribution < 1.29 is 13.2 Å². The number of aromatic nitrogens is 3. The van der Waals surface area contributed by atoms with E-state index in [1.165, 1.54) is 12.5 Å². The van der Waals surface area contributed by atoms with Gasteiger partial charge in [-0.1, -0.05) is 0 Å². The van der Waals surface area contributed by atoms with E-state index in [0.717, 1.165) is 18.5 Å². The molecule has 1 aliphatic heterocycles. The van der Waals surface area contributed by atoms with Crippen molar-refractivity contribution >= 4 is 15.7 Å². The van der Waals surface area contributed by atoms with Gasteiger partial charge >= 0.3 is 0 Å². The van der Waals surface area contributed by atoms with Gasteiger partial charge in [-0.3, -0.25) is 14.8 Å². The highest BCUT2D eigenvalue weighted by molar-refractivity contribution is 7.90. The van der Waals surface area contributed by atoms with Crippen LogP contribution in [0.5, 0.6) is 0 Å². The molecule has 3 heterocycles. The molecule has 0 spiro atoms. The molecule has 0 radical (unpaired) electrons. The van der Waals surface area contributed by atoms with E-state index in [-0.39, 0.29) is 16.7 Å². The van der Waals surface area contributed by atoms with E-state index in [2.05, 4.69) is 15.0 Å². The quantitative estimate of drug-likeness (QED) is 0.825. The van der Waals surface area contributed by atoms with Gasteiger partial charge in [-0.25, -0.2) is 13.4 Å². The molecule has 0 bridgehead atoms. The number of hydrogen-bond acceptors (Lipinski definition) is 6. The van der Waals surface area contributed by atoms with Crippen molar-refractivity contribution in [3.8, 4) is 0 Å². The number of pyridine rings is 1. The second kappa shape index (κ2) is 6.87. The largest absolute Gasteiger partial charge is 0.337 e. The highest BCUT2D eigenvalue weighted by Gasteiger charge is 2.30. The molecule has 1 fully saturated rings. The fourth-order valence-electron chi connectivity index (χ4n) is 3.07. The summed E-state index contributed by atoms with van der Waals surface area (Å²) in [4.78, 5) is 27.2. The minimum Gasteiger partial charge on any atom is -0.337 e. The molecule has 0 saturated carbocycles. The molecule has 0 aliphatic carbocycles. The molecule has 7 nitrogen and oxygen atoms in total. The number of rotatable bonds is 3. The number of likely N-dealkylation sites (tertiary alicyclic amines) is 1. The van der Waals surface area contributed by atoms with Gasteiger partial charge in [0.2, 0.25) is 0 Å². The zero-order chi connectivity index (χ0) is 18.0. The van der Waals surface area contributed by atoms with Crippen LogP contribution in [0, 0.1) is 6.92 Å². The van der Waals surface area contributed by atoms with Gasteiger partial charge in [0.1, 0.15) is 5.69 Å². The Hall–Kier alpha value is -2.35. The van der Waals surface area contributed by atoms with Crippen molar-refractivity contribution in [2.45, 2.75) is 30.6 Å². The fraction of sp³-hybridized carbons (Fsp3) is 0.412. The van der Waals surface area contributed by atoms with Crippen LogP contribution in [0.25, 0.3) is 0 Å². The fourth-order valence-corrected chi connectivity index (χ4v) is 4.00. The Morgan fingerprint density at radius 1 is 1.24 bits per heavy atom.